The van der Waals surface area contributed by atoms with Gasteiger partial charge in [0.05, 0.1) is 0 Å². The van der Waals surface area contributed by atoms with Crippen molar-refractivity contribution in [3.05, 3.63) is 124 Å². The summed E-state index contributed by atoms with van der Waals surface area (Å²) in [5.74, 6) is 0.675. The summed E-state index contributed by atoms with van der Waals surface area (Å²) in [6, 6.07) is 27.8. The van der Waals surface area contributed by atoms with E-state index in [0.717, 1.165) is 24.1 Å². The molecule has 0 amide bonds. The quantitative estimate of drug-likeness (QED) is 0.267. The predicted molar refractivity (Wildman–Crippen MR) is 136 cm³/mol. The second kappa shape index (κ2) is 14.9. The number of benzene rings is 3. The summed E-state index contributed by atoms with van der Waals surface area (Å²) in [5, 5.41) is 0. The molecule has 0 nitrogen and oxygen atoms in total. The average molecular weight is 621 g/mol. The van der Waals surface area contributed by atoms with E-state index >= 15 is 0 Å². The van der Waals surface area contributed by atoms with Crippen molar-refractivity contribution in [3.8, 4) is 11.1 Å². The number of hydrogen-bond donors (Lipinski definition) is 0. The van der Waals surface area contributed by atoms with Crippen LogP contribution in [-0.2, 0) is 36.8 Å². The molecule has 0 N–H and O–H groups in total. The van der Waals surface area contributed by atoms with Gasteiger partial charge in [-0.15, -0.1) is 5.56 Å². The smallest absolute Gasteiger partial charge is 0.0253 e. The molecule has 194 valence electrons. The molecule has 4 aromatic carbocycles. The second-order valence-corrected chi connectivity index (χ2v) is 9.70. The van der Waals surface area contributed by atoms with Crippen molar-refractivity contribution in [3.63, 3.8) is 0 Å². The summed E-state index contributed by atoms with van der Waals surface area (Å²) in [5.41, 5.74) is 10.1. The molecule has 0 atom stereocenters. The molecule has 37 heavy (non-hydrogen) atoms. The number of halogens is 5. The molecule has 0 spiro atoms. The van der Waals surface area contributed by atoms with Crippen LogP contribution in [0.25, 0.3) is 11.1 Å². The zero-order valence-corrected chi connectivity index (χ0v) is 25.2. The Morgan fingerprint density at radius 2 is 1.54 bits per heavy atom. The van der Waals surface area contributed by atoms with Gasteiger partial charge in [0, 0.05) is 0 Å². The first-order chi connectivity index (χ1) is 16.6. The fraction of sp³-hybridized carbons (Fsp3) is 0.226. The van der Waals surface area contributed by atoms with Gasteiger partial charge in [0.25, 0.3) is 0 Å². The summed E-state index contributed by atoms with van der Waals surface area (Å²) in [6.45, 7) is 8.81. The molecule has 0 saturated carbocycles. The van der Waals surface area contributed by atoms with E-state index < -0.39 is 11.7 Å². The third kappa shape index (κ3) is 9.13. The largest absolute Gasteiger partial charge is 1.00 e. The van der Waals surface area contributed by atoms with Crippen molar-refractivity contribution in [1.82, 2.24) is 0 Å². The summed E-state index contributed by atoms with van der Waals surface area (Å²) in [4.78, 5) is 0. The topological polar surface area (TPSA) is 0 Å². The maximum Gasteiger partial charge on any atom is -0.0253 e. The van der Waals surface area contributed by atoms with Crippen molar-refractivity contribution in [1.29, 1.82) is 0 Å². The van der Waals surface area contributed by atoms with E-state index in [1.807, 2.05) is 9.78 Å². The van der Waals surface area contributed by atoms with Gasteiger partial charge in [0.2, 0.25) is 0 Å². The third-order valence-electron chi connectivity index (χ3n) is 5.93. The summed E-state index contributed by atoms with van der Waals surface area (Å²) >= 11 is 1.18. The molecule has 0 saturated heterocycles. The molecule has 0 bridgehead atoms. The standard InChI is InChI=1S/C13H9.C10H15.C8H5F3.2ClH.Zr/c1-3-7-12-10(5-1)9-11-6-2-4-8-13(11)12;1-7(2)10-6-8(3)5-9(10)4;1-6-2-4-7(5-3-6)8(9,10)11;;;/h1-5,7-8H,9H2;5-7H,1-4H3;1-5H;2*1H;/q2*-1;;;;+2/p-2. The van der Waals surface area contributed by atoms with Crippen LogP contribution < -0.4 is 24.8 Å². The molecule has 0 aromatic heterocycles. The van der Waals surface area contributed by atoms with E-state index in [0.29, 0.717) is 5.92 Å². The first-order valence-corrected chi connectivity index (χ1v) is 13.0. The molecule has 1 aliphatic rings. The zero-order chi connectivity index (χ0) is 25.6. The summed E-state index contributed by atoms with van der Waals surface area (Å²) in [6.07, 6.45) is -3.17. The average Bonchev–Trinajstić information content (AvgIpc) is 3.38. The molecule has 6 heteroatoms. The van der Waals surface area contributed by atoms with Gasteiger partial charge in [-0.25, -0.2) is 6.07 Å². The van der Waals surface area contributed by atoms with Crippen LogP contribution in [0.4, 0.5) is 13.2 Å². The minimum absolute atomic E-state index is 0. The number of aryl methyl sites for hydroxylation is 2. The van der Waals surface area contributed by atoms with E-state index in [2.05, 4.69) is 82.3 Å². The number of rotatable bonds is 2. The SMILES string of the molecule is Cc1cc(C(C)C)c(C)[cH-]1.FC(F)(F)c1ccc([CH]=[Zr+2])cc1.[Cl-].[Cl-].[c-]1cccc2c1Cc1ccccc1-2. The molecular formula is C31H29Cl2F3Zr-2. The van der Waals surface area contributed by atoms with Gasteiger partial charge < -0.3 is 24.8 Å². The predicted octanol–water partition coefficient (Wildman–Crippen LogP) is 2.61. The van der Waals surface area contributed by atoms with Crippen molar-refractivity contribution >= 4 is 3.71 Å². The number of alkyl halides is 3. The minimum atomic E-state index is -4.22. The Kier molecular flexibility index (Phi) is 13.4. The number of fused-ring (bicyclic) bond motifs is 3. The molecular weight excluding hydrogens is 591 g/mol. The summed E-state index contributed by atoms with van der Waals surface area (Å²) < 4.78 is 37.9. The first-order valence-electron chi connectivity index (χ1n) is 11.6. The Morgan fingerprint density at radius 3 is 2.05 bits per heavy atom. The molecule has 1 aliphatic carbocycles. The maximum absolute atomic E-state index is 12.0. The molecule has 0 aliphatic heterocycles. The van der Waals surface area contributed by atoms with E-state index in [-0.39, 0.29) is 24.8 Å². The van der Waals surface area contributed by atoms with Crippen molar-refractivity contribution < 1.29 is 62.2 Å². The van der Waals surface area contributed by atoms with Gasteiger partial charge in [-0.3, -0.25) is 0 Å². The normalized spacial score (nSPS) is 11.0. The molecule has 0 unspecified atom stereocenters. The fourth-order valence-electron chi connectivity index (χ4n) is 4.21. The van der Waals surface area contributed by atoms with E-state index in [1.54, 1.807) is 0 Å². The van der Waals surface area contributed by atoms with Crippen molar-refractivity contribution in [2.45, 2.75) is 46.2 Å². The van der Waals surface area contributed by atoms with E-state index in [9.17, 15) is 13.2 Å². The van der Waals surface area contributed by atoms with Gasteiger partial charge in [-0.1, -0.05) is 69.0 Å². The minimum Gasteiger partial charge on any atom is -1.00 e. The Hall–Kier alpha value is -1.87. The number of hydrogen-bond acceptors (Lipinski definition) is 0. The molecule has 4 aromatic rings. The summed E-state index contributed by atoms with van der Waals surface area (Å²) in [7, 11) is 0. The van der Waals surface area contributed by atoms with E-state index in [4.69, 9.17) is 0 Å². The van der Waals surface area contributed by atoms with Crippen LogP contribution in [0.3, 0.4) is 0 Å². The Balaban J connectivity index is 0.000000273. The van der Waals surface area contributed by atoms with Crippen molar-refractivity contribution in [2.24, 2.45) is 0 Å². The molecule has 0 heterocycles. The van der Waals surface area contributed by atoms with Crippen LogP contribution in [0, 0.1) is 19.9 Å². The van der Waals surface area contributed by atoms with Crippen molar-refractivity contribution in [2.75, 3.05) is 0 Å². The van der Waals surface area contributed by atoms with Crippen LogP contribution in [0.2, 0.25) is 0 Å². The third-order valence-corrected chi connectivity index (χ3v) is 6.75. The van der Waals surface area contributed by atoms with Gasteiger partial charge in [0.1, 0.15) is 0 Å². The van der Waals surface area contributed by atoms with Gasteiger partial charge in [0.15, 0.2) is 0 Å². The van der Waals surface area contributed by atoms with Crippen LogP contribution >= 0.6 is 0 Å². The first kappa shape index (κ1) is 33.2. The second-order valence-electron chi connectivity index (χ2n) is 8.99. The van der Waals surface area contributed by atoms with Gasteiger partial charge in [-0.2, -0.15) is 52.6 Å². The van der Waals surface area contributed by atoms with Crippen LogP contribution in [0.5, 0.6) is 0 Å². The zero-order valence-electron chi connectivity index (χ0n) is 21.3. The Labute approximate surface area is 245 Å². The molecule has 0 fully saturated rings. The van der Waals surface area contributed by atoms with E-state index in [1.165, 1.54) is 75.3 Å². The van der Waals surface area contributed by atoms with Gasteiger partial charge in [-0.05, 0) is 6.42 Å². The Morgan fingerprint density at radius 1 is 0.919 bits per heavy atom. The van der Waals surface area contributed by atoms with Crippen LogP contribution in [0.15, 0.2) is 78.9 Å². The van der Waals surface area contributed by atoms with Crippen LogP contribution in [-0.4, -0.2) is 3.71 Å². The fourth-order valence-corrected chi connectivity index (χ4v) is 4.69. The van der Waals surface area contributed by atoms with Gasteiger partial charge >= 0.3 is 82.7 Å². The monoisotopic (exact) mass is 618 g/mol. The molecule has 5 rings (SSSR count). The molecule has 0 radical (unpaired) electrons. The maximum atomic E-state index is 12.0. The van der Waals surface area contributed by atoms with Crippen LogP contribution in [0.1, 0.15) is 58.7 Å². The Bertz CT molecular complexity index is 1230.